The smallest absolute Gasteiger partial charge is 0.197 e. The molecule has 1 aliphatic heterocycles. The van der Waals surface area contributed by atoms with Crippen molar-refractivity contribution in [1.29, 1.82) is 0 Å². The summed E-state index contributed by atoms with van der Waals surface area (Å²) in [5.41, 5.74) is 1.33. The third-order valence-corrected chi connectivity index (χ3v) is 9.70. The Kier molecular flexibility index (Phi) is 6.13. The van der Waals surface area contributed by atoms with Crippen LogP contribution in [0, 0.1) is 0 Å². The number of hydrogen-bond donors (Lipinski definition) is 0. The van der Waals surface area contributed by atoms with E-state index in [1.54, 1.807) is 0 Å². The van der Waals surface area contributed by atoms with Gasteiger partial charge in [-0.05, 0) is 23.5 Å². The highest BCUT2D eigenvalue weighted by atomic mass is 28.4. The highest BCUT2D eigenvalue weighted by Crippen LogP contribution is 2.37. The Morgan fingerprint density at radius 1 is 1.24 bits per heavy atom. The van der Waals surface area contributed by atoms with Gasteiger partial charge in [0.15, 0.2) is 8.32 Å². The van der Waals surface area contributed by atoms with E-state index in [0.717, 1.165) is 26.2 Å². The van der Waals surface area contributed by atoms with Crippen molar-refractivity contribution in [2.24, 2.45) is 0 Å². The van der Waals surface area contributed by atoms with Crippen molar-refractivity contribution in [2.45, 2.75) is 57.3 Å². The third kappa shape index (κ3) is 4.36. The van der Waals surface area contributed by atoms with Gasteiger partial charge in [0.1, 0.15) is 6.10 Å². The number of rotatable bonds is 9. The van der Waals surface area contributed by atoms with Crippen LogP contribution < -0.4 is 0 Å². The largest absolute Gasteiger partial charge is 0.419 e. The molecule has 0 aromatic rings. The first kappa shape index (κ1) is 15.2. The Morgan fingerprint density at radius 3 is 2.24 bits per heavy atom. The molecular weight excluding hydrogens is 232 g/mol. The minimum atomic E-state index is -1.60. The average molecular weight is 260 g/mol. The van der Waals surface area contributed by atoms with E-state index in [1.165, 1.54) is 6.04 Å². The minimum absolute atomic E-state index is 0.384. The van der Waals surface area contributed by atoms with Crippen LogP contribution in [0.1, 0.15) is 34.1 Å². The molecule has 0 bridgehead atoms. The molecule has 1 atom stereocenters. The van der Waals surface area contributed by atoms with Crippen molar-refractivity contribution in [3.63, 3.8) is 0 Å². The van der Waals surface area contributed by atoms with Crippen molar-refractivity contribution < 1.29 is 13.9 Å². The quantitative estimate of drug-likeness (QED) is 0.362. The van der Waals surface area contributed by atoms with E-state index in [2.05, 4.69) is 27.7 Å². The van der Waals surface area contributed by atoms with Crippen LogP contribution in [-0.4, -0.2) is 41.4 Å². The van der Waals surface area contributed by atoms with E-state index >= 15 is 0 Å². The van der Waals surface area contributed by atoms with Gasteiger partial charge in [-0.2, -0.15) is 0 Å². The standard InChI is InChI=1S/C13H28O3Si/c1-11(2)17(14-5,12(3)4)8-6-7-15-9-13-10-16-13/h11-13H,6-10H2,1-5H3. The summed E-state index contributed by atoms with van der Waals surface area (Å²) in [6.07, 6.45) is 1.50. The average Bonchev–Trinajstić information content (AvgIpc) is 3.06. The van der Waals surface area contributed by atoms with Gasteiger partial charge in [0, 0.05) is 13.7 Å². The zero-order valence-electron chi connectivity index (χ0n) is 12.0. The minimum Gasteiger partial charge on any atom is -0.419 e. The molecule has 1 aliphatic rings. The van der Waals surface area contributed by atoms with E-state index in [0.29, 0.717) is 17.2 Å². The highest BCUT2D eigenvalue weighted by molar-refractivity contribution is 6.76. The zero-order valence-corrected chi connectivity index (χ0v) is 13.0. The maximum Gasteiger partial charge on any atom is 0.197 e. The van der Waals surface area contributed by atoms with Crippen LogP contribution in [0.4, 0.5) is 0 Å². The number of epoxide rings is 1. The molecule has 0 radical (unpaired) electrons. The van der Waals surface area contributed by atoms with Gasteiger partial charge in [0.05, 0.1) is 13.2 Å². The Balaban J connectivity index is 2.26. The second-order valence-electron chi connectivity index (χ2n) is 5.60. The summed E-state index contributed by atoms with van der Waals surface area (Å²) in [6, 6.07) is 1.20. The first-order chi connectivity index (χ1) is 8.03. The second-order valence-corrected chi connectivity index (χ2v) is 10.7. The van der Waals surface area contributed by atoms with Crippen molar-refractivity contribution in [3.05, 3.63) is 0 Å². The van der Waals surface area contributed by atoms with Gasteiger partial charge in [0.25, 0.3) is 0 Å². The van der Waals surface area contributed by atoms with Gasteiger partial charge in [0.2, 0.25) is 0 Å². The van der Waals surface area contributed by atoms with Crippen LogP contribution >= 0.6 is 0 Å². The molecule has 4 heteroatoms. The van der Waals surface area contributed by atoms with Gasteiger partial charge in [-0.1, -0.05) is 27.7 Å². The molecule has 1 fully saturated rings. The van der Waals surface area contributed by atoms with Gasteiger partial charge >= 0.3 is 0 Å². The molecule has 0 spiro atoms. The van der Waals surface area contributed by atoms with Crippen molar-refractivity contribution >= 4 is 8.32 Å². The van der Waals surface area contributed by atoms with Gasteiger partial charge < -0.3 is 13.9 Å². The van der Waals surface area contributed by atoms with Gasteiger partial charge in [-0.15, -0.1) is 0 Å². The van der Waals surface area contributed by atoms with Crippen molar-refractivity contribution in [2.75, 3.05) is 26.9 Å². The van der Waals surface area contributed by atoms with Gasteiger partial charge in [-0.25, -0.2) is 0 Å². The summed E-state index contributed by atoms with van der Waals surface area (Å²) in [4.78, 5) is 0. The third-order valence-electron chi connectivity index (χ3n) is 3.90. The van der Waals surface area contributed by atoms with Crippen LogP contribution in [0.25, 0.3) is 0 Å². The van der Waals surface area contributed by atoms with E-state index in [-0.39, 0.29) is 0 Å². The molecule has 17 heavy (non-hydrogen) atoms. The fraction of sp³-hybridized carbons (Fsp3) is 1.00. The molecule has 1 saturated heterocycles. The molecule has 1 unspecified atom stereocenters. The second kappa shape index (κ2) is 6.88. The van der Waals surface area contributed by atoms with E-state index < -0.39 is 8.32 Å². The summed E-state index contributed by atoms with van der Waals surface area (Å²) < 4.78 is 16.7. The Labute approximate surface area is 107 Å². The fourth-order valence-electron chi connectivity index (χ4n) is 2.65. The predicted molar refractivity (Wildman–Crippen MR) is 72.9 cm³/mol. The maximum atomic E-state index is 5.96. The summed E-state index contributed by atoms with van der Waals surface area (Å²) in [7, 11) is 0.297. The SMILES string of the molecule is CO[Si](CCCOCC1CO1)(C(C)C)C(C)C. The molecule has 1 heterocycles. The van der Waals surface area contributed by atoms with Crippen LogP contribution in [0.15, 0.2) is 0 Å². The van der Waals surface area contributed by atoms with Crippen molar-refractivity contribution in [1.82, 2.24) is 0 Å². The van der Waals surface area contributed by atoms with Crippen LogP contribution in [0.3, 0.4) is 0 Å². The predicted octanol–water partition coefficient (Wildman–Crippen LogP) is 3.20. The topological polar surface area (TPSA) is 31.0 Å². The maximum absolute atomic E-state index is 5.96. The number of ether oxygens (including phenoxy) is 2. The summed E-state index contributed by atoms with van der Waals surface area (Å²) in [5.74, 6) is 0. The lowest BCUT2D eigenvalue weighted by atomic mass is 10.5. The lowest BCUT2D eigenvalue weighted by molar-refractivity contribution is 0.116. The van der Waals surface area contributed by atoms with Crippen LogP contribution in [-0.2, 0) is 13.9 Å². The molecule has 0 aromatic heterocycles. The zero-order chi connectivity index (χ0) is 12.9. The lowest BCUT2D eigenvalue weighted by Gasteiger charge is -2.37. The molecule has 102 valence electrons. The van der Waals surface area contributed by atoms with E-state index in [9.17, 15) is 0 Å². The molecule has 1 rings (SSSR count). The van der Waals surface area contributed by atoms with E-state index in [1.807, 2.05) is 7.11 Å². The molecule has 0 saturated carbocycles. The Bertz CT molecular complexity index is 207. The molecule has 0 N–H and O–H groups in total. The molecule has 0 aliphatic carbocycles. The van der Waals surface area contributed by atoms with Crippen LogP contribution in [0.2, 0.25) is 17.1 Å². The normalized spacial score (nSPS) is 20.3. The Hall–Kier alpha value is 0.0969. The van der Waals surface area contributed by atoms with Gasteiger partial charge in [-0.3, -0.25) is 0 Å². The monoisotopic (exact) mass is 260 g/mol. The molecule has 0 amide bonds. The highest BCUT2D eigenvalue weighted by Gasteiger charge is 2.40. The molecule has 0 aromatic carbocycles. The fourth-order valence-corrected chi connectivity index (χ4v) is 6.98. The summed E-state index contributed by atoms with van der Waals surface area (Å²) in [5, 5.41) is 0. The van der Waals surface area contributed by atoms with Crippen LogP contribution in [0.5, 0.6) is 0 Å². The molecular formula is C13H28O3Si. The first-order valence-electron chi connectivity index (χ1n) is 6.77. The summed E-state index contributed by atoms with van der Waals surface area (Å²) >= 11 is 0. The van der Waals surface area contributed by atoms with Crippen molar-refractivity contribution in [3.8, 4) is 0 Å². The lowest BCUT2D eigenvalue weighted by Crippen LogP contribution is -2.43. The Morgan fingerprint density at radius 2 is 1.82 bits per heavy atom. The van der Waals surface area contributed by atoms with E-state index in [4.69, 9.17) is 13.9 Å². The number of hydrogen-bond acceptors (Lipinski definition) is 3. The first-order valence-corrected chi connectivity index (χ1v) is 9.04. The summed E-state index contributed by atoms with van der Waals surface area (Å²) in [6.45, 7) is 11.7. The molecule has 3 nitrogen and oxygen atoms in total.